The Labute approximate surface area is 154 Å². The molecular formula is C21H25N3O2. The van der Waals surface area contributed by atoms with E-state index in [4.69, 9.17) is 0 Å². The van der Waals surface area contributed by atoms with E-state index in [-0.39, 0.29) is 0 Å². The van der Waals surface area contributed by atoms with Crippen LogP contribution in [0.15, 0.2) is 35.6 Å². The summed E-state index contributed by atoms with van der Waals surface area (Å²) in [6.07, 6.45) is 7.93. The zero-order valence-corrected chi connectivity index (χ0v) is 15.4. The lowest BCUT2D eigenvalue weighted by Crippen LogP contribution is -2.39. The van der Waals surface area contributed by atoms with E-state index in [1.165, 1.54) is 0 Å². The standard InChI is InChI=1S/C21H25N3O2/c1-14-11-15(2)19(12-18(14)21(25)26)23-17-7-9-24(10-8-17)20-6-4-3-5-16(20)13-22/h4,6,11-12,17,23H,3,5,7-10H2,1-2H3,(H,25,26). The Balaban J connectivity index is 1.67. The van der Waals surface area contributed by atoms with Crippen molar-refractivity contribution in [2.24, 2.45) is 0 Å². The van der Waals surface area contributed by atoms with Gasteiger partial charge in [0.05, 0.1) is 22.9 Å². The lowest BCUT2D eigenvalue weighted by molar-refractivity contribution is 0.0696. The van der Waals surface area contributed by atoms with Gasteiger partial charge in [-0.25, -0.2) is 4.79 Å². The number of hydrogen-bond acceptors (Lipinski definition) is 4. The third-order valence-corrected chi connectivity index (χ3v) is 5.28. The van der Waals surface area contributed by atoms with Gasteiger partial charge in [0.1, 0.15) is 0 Å². The van der Waals surface area contributed by atoms with Crippen LogP contribution in [0, 0.1) is 25.2 Å². The summed E-state index contributed by atoms with van der Waals surface area (Å²) in [7, 11) is 0. The fourth-order valence-corrected chi connectivity index (χ4v) is 3.78. The van der Waals surface area contributed by atoms with Gasteiger partial charge >= 0.3 is 5.97 Å². The summed E-state index contributed by atoms with van der Waals surface area (Å²) in [5.41, 5.74) is 5.08. The van der Waals surface area contributed by atoms with Crippen molar-refractivity contribution in [1.82, 2.24) is 4.90 Å². The van der Waals surface area contributed by atoms with Crippen LogP contribution in [0.25, 0.3) is 0 Å². The number of rotatable bonds is 4. The van der Waals surface area contributed by atoms with Gasteiger partial charge in [0, 0.05) is 24.8 Å². The number of aromatic carboxylic acids is 1. The number of hydrogen-bond donors (Lipinski definition) is 2. The van der Waals surface area contributed by atoms with E-state index < -0.39 is 5.97 Å². The number of aryl methyl sites for hydroxylation is 2. The number of carboxylic acid groups (broad SMARTS) is 1. The van der Waals surface area contributed by atoms with Gasteiger partial charge in [0.15, 0.2) is 0 Å². The first kappa shape index (κ1) is 18.1. The predicted octanol–water partition coefficient (Wildman–Crippen LogP) is 4.01. The van der Waals surface area contributed by atoms with Gasteiger partial charge in [-0.2, -0.15) is 5.26 Å². The average Bonchev–Trinajstić information content (AvgIpc) is 2.64. The lowest BCUT2D eigenvalue weighted by Gasteiger charge is -2.36. The Morgan fingerprint density at radius 1 is 1.27 bits per heavy atom. The van der Waals surface area contributed by atoms with Crippen LogP contribution >= 0.6 is 0 Å². The molecule has 1 saturated heterocycles. The van der Waals surface area contributed by atoms with Crippen LogP contribution in [0.1, 0.15) is 47.2 Å². The molecule has 1 aromatic rings. The molecule has 2 N–H and O–H groups in total. The Bertz CT molecular complexity index is 809. The van der Waals surface area contributed by atoms with Gasteiger partial charge in [-0.15, -0.1) is 0 Å². The summed E-state index contributed by atoms with van der Waals surface area (Å²) in [4.78, 5) is 13.7. The maximum Gasteiger partial charge on any atom is 0.336 e. The predicted molar refractivity (Wildman–Crippen MR) is 102 cm³/mol. The zero-order valence-electron chi connectivity index (χ0n) is 15.4. The van der Waals surface area contributed by atoms with Gasteiger partial charge < -0.3 is 15.3 Å². The second-order valence-electron chi connectivity index (χ2n) is 7.11. The summed E-state index contributed by atoms with van der Waals surface area (Å²) in [6, 6.07) is 6.34. The molecular weight excluding hydrogens is 326 g/mol. The lowest BCUT2D eigenvalue weighted by atomic mass is 9.98. The second kappa shape index (κ2) is 7.65. The highest BCUT2D eigenvalue weighted by molar-refractivity contribution is 5.91. The number of benzene rings is 1. The van der Waals surface area contributed by atoms with Crippen molar-refractivity contribution in [3.05, 3.63) is 52.2 Å². The van der Waals surface area contributed by atoms with E-state index in [1.54, 1.807) is 6.07 Å². The highest BCUT2D eigenvalue weighted by atomic mass is 16.4. The van der Waals surface area contributed by atoms with Gasteiger partial charge in [0.2, 0.25) is 0 Å². The van der Waals surface area contributed by atoms with E-state index in [0.717, 1.165) is 66.9 Å². The first-order valence-electron chi connectivity index (χ1n) is 9.15. The summed E-state index contributed by atoms with van der Waals surface area (Å²) in [6.45, 7) is 5.64. The Morgan fingerprint density at radius 3 is 2.65 bits per heavy atom. The van der Waals surface area contributed by atoms with E-state index >= 15 is 0 Å². The zero-order chi connectivity index (χ0) is 18.7. The molecule has 0 unspecified atom stereocenters. The van der Waals surface area contributed by atoms with Gasteiger partial charge in [-0.1, -0.05) is 12.1 Å². The quantitative estimate of drug-likeness (QED) is 0.857. The maximum absolute atomic E-state index is 11.4. The number of allylic oxidation sites excluding steroid dienone is 3. The molecule has 2 aliphatic rings. The molecule has 0 atom stereocenters. The number of carboxylic acids is 1. The maximum atomic E-state index is 11.4. The molecule has 0 aromatic heterocycles. The molecule has 26 heavy (non-hydrogen) atoms. The van der Waals surface area contributed by atoms with Crippen molar-refractivity contribution >= 4 is 11.7 Å². The molecule has 5 nitrogen and oxygen atoms in total. The number of carbonyl (C=O) groups is 1. The van der Waals surface area contributed by atoms with E-state index in [9.17, 15) is 15.2 Å². The number of nitrogens with zero attached hydrogens (tertiary/aromatic N) is 2. The van der Waals surface area contributed by atoms with Gasteiger partial charge in [0.25, 0.3) is 0 Å². The summed E-state index contributed by atoms with van der Waals surface area (Å²) in [5.74, 6) is -0.888. The molecule has 0 bridgehead atoms. The minimum atomic E-state index is -0.888. The SMILES string of the molecule is Cc1cc(C)c(C(=O)O)cc1NC1CCN(C2=C(C#N)CCC=C2)CC1. The minimum absolute atomic E-state index is 0.313. The Morgan fingerprint density at radius 2 is 2.00 bits per heavy atom. The van der Waals surface area contributed by atoms with Crippen LogP contribution < -0.4 is 5.32 Å². The third kappa shape index (κ3) is 3.75. The number of likely N-dealkylation sites (tertiary alicyclic amines) is 1. The Kier molecular flexibility index (Phi) is 5.32. The third-order valence-electron chi connectivity index (χ3n) is 5.28. The number of nitriles is 1. The molecule has 1 aliphatic carbocycles. The fourth-order valence-electron chi connectivity index (χ4n) is 3.78. The molecule has 5 heteroatoms. The van der Waals surface area contributed by atoms with E-state index in [0.29, 0.717) is 11.6 Å². The largest absolute Gasteiger partial charge is 0.478 e. The van der Waals surface area contributed by atoms with Crippen LogP contribution in [-0.2, 0) is 0 Å². The highest BCUT2D eigenvalue weighted by Crippen LogP contribution is 2.27. The molecule has 1 aliphatic heterocycles. The number of nitrogens with one attached hydrogen (secondary N) is 1. The van der Waals surface area contributed by atoms with Crippen LogP contribution in [0.4, 0.5) is 5.69 Å². The molecule has 1 aromatic carbocycles. The van der Waals surface area contributed by atoms with Gasteiger partial charge in [-0.3, -0.25) is 0 Å². The first-order valence-corrected chi connectivity index (χ1v) is 9.15. The molecule has 1 fully saturated rings. The van der Waals surface area contributed by atoms with Crippen molar-refractivity contribution in [2.75, 3.05) is 18.4 Å². The van der Waals surface area contributed by atoms with E-state index in [2.05, 4.69) is 28.4 Å². The molecule has 3 rings (SSSR count). The highest BCUT2D eigenvalue weighted by Gasteiger charge is 2.23. The van der Waals surface area contributed by atoms with Crippen molar-refractivity contribution in [1.29, 1.82) is 5.26 Å². The molecule has 1 heterocycles. The molecule has 136 valence electrons. The summed E-state index contributed by atoms with van der Waals surface area (Å²) < 4.78 is 0. The van der Waals surface area contributed by atoms with Crippen LogP contribution in [-0.4, -0.2) is 35.1 Å². The normalized spacial score (nSPS) is 18.0. The van der Waals surface area contributed by atoms with Crippen molar-refractivity contribution in [3.63, 3.8) is 0 Å². The average molecular weight is 351 g/mol. The topological polar surface area (TPSA) is 76.4 Å². The van der Waals surface area contributed by atoms with Crippen LogP contribution in [0.2, 0.25) is 0 Å². The summed E-state index contributed by atoms with van der Waals surface area (Å²) >= 11 is 0. The molecule has 0 radical (unpaired) electrons. The van der Waals surface area contributed by atoms with Gasteiger partial charge in [-0.05, 0) is 62.8 Å². The van der Waals surface area contributed by atoms with Crippen molar-refractivity contribution < 1.29 is 9.90 Å². The van der Waals surface area contributed by atoms with E-state index in [1.807, 2.05) is 19.9 Å². The molecule has 0 spiro atoms. The second-order valence-corrected chi connectivity index (χ2v) is 7.11. The first-order chi connectivity index (χ1) is 12.5. The summed E-state index contributed by atoms with van der Waals surface area (Å²) in [5, 5.41) is 22.2. The number of piperidine rings is 1. The Hall–Kier alpha value is -2.74. The van der Waals surface area contributed by atoms with Crippen molar-refractivity contribution in [2.45, 2.75) is 45.6 Å². The molecule has 0 amide bonds. The minimum Gasteiger partial charge on any atom is -0.478 e. The fraction of sp³-hybridized carbons (Fsp3) is 0.429. The van der Waals surface area contributed by atoms with Crippen LogP contribution in [0.5, 0.6) is 0 Å². The number of anilines is 1. The van der Waals surface area contributed by atoms with Crippen molar-refractivity contribution in [3.8, 4) is 6.07 Å². The monoisotopic (exact) mass is 351 g/mol. The molecule has 0 saturated carbocycles. The van der Waals surface area contributed by atoms with Crippen LogP contribution in [0.3, 0.4) is 0 Å². The smallest absolute Gasteiger partial charge is 0.336 e.